The molecule has 0 radical (unpaired) electrons. The molecule has 22 heavy (non-hydrogen) atoms. The second kappa shape index (κ2) is 6.93. The third-order valence-electron chi connectivity index (χ3n) is 3.44. The van der Waals surface area contributed by atoms with E-state index in [1.165, 1.54) is 32.4 Å². The van der Waals surface area contributed by atoms with E-state index in [-0.39, 0.29) is 6.42 Å². The molecule has 1 unspecified atom stereocenters. The fourth-order valence-electron chi connectivity index (χ4n) is 2.31. The molecular formula is C17H17FO4. The summed E-state index contributed by atoms with van der Waals surface area (Å²) >= 11 is 0. The van der Waals surface area contributed by atoms with Crippen LogP contribution in [0.5, 0.6) is 11.5 Å². The van der Waals surface area contributed by atoms with Gasteiger partial charge in [0.05, 0.1) is 20.1 Å². The SMILES string of the molecule is COc1ccc(CC(C(=O)O)c2cccc(F)c2)cc1OC. The highest BCUT2D eigenvalue weighted by atomic mass is 19.1. The molecule has 0 amide bonds. The molecule has 2 aromatic carbocycles. The van der Waals surface area contributed by atoms with E-state index in [1.54, 1.807) is 24.3 Å². The van der Waals surface area contributed by atoms with Gasteiger partial charge in [0.15, 0.2) is 11.5 Å². The minimum absolute atomic E-state index is 0.235. The van der Waals surface area contributed by atoms with Crippen molar-refractivity contribution in [3.63, 3.8) is 0 Å². The first-order valence-corrected chi connectivity index (χ1v) is 6.74. The fourth-order valence-corrected chi connectivity index (χ4v) is 2.31. The van der Waals surface area contributed by atoms with Gasteiger partial charge in [0.1, 0.15) is 5.82 Å². The van der Waals surface area contributed by atoms with Crippen molar-refractivity contribution in [2.75, 3.05) is 14.2 Å². The number of methoxy groups -OCH3 is 2. The normalized spacial score (nSPS) is 11.8. The third kappa shape index (κ3) is 3.55. The maximum absolute atomic E-state index is 13.3. The van der Waals surface area contributed by atoms with E-state index in [9.17, 15) is 14.3 Å². The van der Waals surface area contributed by atoms with Crippen LogP contribution in [0.4, 0.5) is 4.39 Å². The molecule has 0 aliphatic heterocycles. The van der Waals surface area contributed by atoms with Gasteiger partial charge in [-0.15, -0.1) is 0 Å². The second-order valence-corrected chi connectivity index (χ2v) is 4.84. The first-order valence-electron chi connectivity index (χ1n) is 6.74. The predicted octanol–water partition coefficient (Wildman–Crippen LogP) is 3.25. The fraction of sp³-hybridized carbons (Fsp3) is 0.235. The lowest BCUT2D eigenvalue weighted by atomic mass is 9.92. The number of carbonyl (C=O) groups is 1. The lowest BCUT2D eigenvalue weighted by Gasteiger charge is -2.15. The third-order valence-corrected chi connectivity index (χ3v) is 3.44. The Morgan fingerprint density at radius 3 is 2.45 bits per heavy atom. The number of halogens is 1. The number of carboxylic acid groups (broad SMARTS) is 1. The van der Waals surface area contributed by atoms with Gasteiger partial charge in [-0.05, 0) is 41.8 Å². The van der Waals surface area contributed by atoms with Crippen molar-refractivity contribution >= 4 is 5.97 Å². The molecule has 0 aliphatic rings. The van der Waals surface area contributed by atoms with Crippen molar-refractivity contribution in [1.29, 1.82) is 0 Å². The average Bonchev–Trinajstić information content (AvgIpc) is 2.52. The van der Waals surface area contributed by atoms with Crippen molar-refractivity contribution in [1.82, 2.24) is 0 Å². The summed E-state index contributed by atoms with van der Waals surface area (Å²) in [5.41, 5.74) is 1.21. The van der Waals surface area contributed by atoms with Gasteiger partial charge in [-0.1, -0.05) is 18.2 Å². The monoisotopic (exact) mass is 304 g/mol. The van der Waals surface area contributed by atoms with E-state index in [2.05, 4.69) is 0 Å². The van der Waals surface area contributed by atoms with Crippen molar-refractivity contribution < 1.29 is 23.8 Å². The zero-order valence-electron chi connectivity index (χ0n) is 12.4. The number of rotatable bonds is 6. The number of aliphatic carboxylic acids is 1. The number of hydrogen-bond donors (Lipinski definition) is 1. The van der Waals surface area contributed by atoms with E-state index < -0.39 is 17.7 Å². The van der Waals surface area contributed by atoms with Crippen LogP contribution >= 0.6 is 0 Å². The van der Waals surface area contributed by atoms with Gasteiger partial charge >= 0.3 is 5.97 Å². The minimum atomic E-state index is -1.000. The van der Waals surface area contributed by atoms with Crippen molar-refractivity contribution in [2.45, 2.75) is 12.3 Å². The Morgan fingerprint density at radius 1 is 1.14 bits per heavy atom. The van der Waals surface area contributed by atoms with Crippen LogP contribution in [0.25, 0.3) is 0 Å². The van der Waals surface area contributed by atoms with Gasteiger partial charge < -0.3 is 14.6 Å². The van der Waals surface area contributed by atoms with Crippen LogP contribution in [0.1, 0.15) is 17.0 Å². The molecule has 0 fully saturated rings. The van der Waals surface area contributed by atoms with Crippen LogP contribution in [-0.2, 0) is 11.2 Å². The molecule has 0 aromatic heterocycles. The Hall–Kier alpha value is -2.56. The smallest absolute Gasteiger partial charge is 0.311 e. The Balaban J connectivity index is 2.31. The molecule has 0 aliphatic carbocycles. The lowest BCUT2D eigenvalue weighted by molar-refractivity contribution is -0.138. The summed E-state index contributed by atoms with van der Waals surface area (Å²) in [6.45, 7) is 0. The van der Waals surface area contributed by atoms with Crippen LogP contribution in [0.2, 0.25) is 0 Å². The molecule has 2 aromatic rings. The summed E-state index contributed by atoms with van der Waals surface area (Å²) < 4.78 is 23.7. The van der Waals surface area contributed by atoms with E-state index in [0.717, 1.165) is 5.56 Å². The summed E-state index contributed by atoms with van der Waals surface area (Å²) in [6.07, 6.45) is 0.235. The molecule has 0 saturated carbocycles. The summed E-state index contributed by atoms with van der Waals surface area (Å²) in [6, 6.07) is 10.9. The molecule has 0 saturated heterocycles. The van der Waals surface area contributed by atoms with Gasteiger partial charge in [-0.2, -0.15) is 0 Å². The van der Waals surface area contributed by atoms with E-state index >= 15 is 0 Å². The summed E-state index contributed by atoms with van der Waals surface area (Å²) in [4.78, 5) is 11.5. The number of carboxylic acids is 1. The topological polar surface area (TPSA) is 55.8 Å². The highest BCUT2D eigenvalue weighted by Crippen LogP contribution is 2.30. The Kier molecular flexibility index (Phi) is 4.99. The number of benzene rings is 2. The molecule has 1 atom stereocenters. The summed E-state index contributed by atoms with van der Waals surface area (Å²) in [5.74, 6) is -1.17. The maximum Gasteiger partial charge on any atom is 0.311 e. The van der Waals surface area contributed by atoms with Crippen LogP contribution in [0.15, 0.2) is 42.5 Å². The lowest BCUT2D eigenvalue weighted by Crippen LogP contribution is -2.14. The molecule has 0 bridgehead atoms. The number of hydrogen-bond acceptors (Lipinski definition) is 3. The molecule has 5 heteroatoms. The van der Waals surface area contributed by atoms with Gasteiger partial charge in [0, 0.05) is 0 Å². The van der Waals surface area contributed by atoms with Gasteiger partial charge in [0.25, 0.3) is 0 Å². The Morgan fingerprint density at radius 2 is 1.86 bits per heavy atom. The van der Waals surface area contributed by atoms with Crippen LogP contribution in [-0.4, -0.2) is 25.3 Å². The minimum Gasteiger partial charge on any atom is -0.493 e. The molecular weight excluding hydrogens is 287 g/mol. The van der Waals surface area contributed by atoms with Gasteiger partial charge in [-0.3, -0.25) is 4.79 Å². The molecule has 4 nitrogen and oxygen atoms in total. The van der Waals surface area contributed by atoms with E-state index in [0.29, 0.717) is 17.1 Å². The van der Waals surface area contributed by atoms with Crippen molar-refractivity contribution in [3.05, 3.63) is 59.4 Å². The molecule has 116 valence electrons. The van der Waals surface area contributed by atoms with Crippen LogP contribution in [0, 0.1) is 5.82 Å². The van der Waals surface area contributed by atoms with Crippen molar-refractivity contribution in [2.24, 2.45) is 0 Å². The zero-order chi connectivity index (χ0) is 16.1. The van der Waals surface area contributed by atoms with Gasteiger partial charge in [-0.25, -0.2) is 4.39 Å². The molecule has 0 heterocycles. The van der Waals surface area contributed by atoms with Crippen LogP contribution in [0.3, 0.4) is 0 Å². The molecule has 1 N–H and O–H groups in total. The Bertz CT molecular complexity index is 669. The highest BCUT2D eigenvalue weighted by molar-refractivity contribution is 5.76. The number of ether oxygens (including phenoxy) is 2. The van der Waals surface area contributed by atoms with E-state index in [4.69, 9.17) is 9.47 Å². The zero-order valence-corrected chi connectivity index (χ0v) is 12.4. The van der Waals surface area contributed by atoms with Crippen molar-refractivity contribution in [3.8, 4) is 11.5 Å². The maximum atomic E-state index is 13.3. The van der Waals surface area contributed by atoms with E-state index in [1.807, 2.05) is 0 Å². The quantitative estimate of drug-likeness (QED) is 0.890. The first-order chi connectivity index (χ1) is 10.5. The van der Waals surface area contributed by atoms with Gasteiger partial charge in [0.2, 0.25) is 0 Å². The standard InChI is InChI=1S/C17H17FO4/c1-21-15-7-6-11(9-16(15)22-2)8-14(17(19)20)12-4-3-5-13(18)10-12/h3-7,9-10,14H,8H2,1-2H3,(H,19,20). The summed E-state index contributed by atoms with van der Waals surface area (Å²) in [5, 5.41) is 9.43. The van der Waals surface area contributed by atoms with Crippen LogP contribution < -0.4 is 9.47 Å². The second-order valence-electron chi connectivity index (χ2n) is 4.84. The average molecular weight is 304 g/mol. The predicted molar refractivity (Wildman–Crippen MR) is 80.0 cm³/mol. The molecule has 2 rings (SSSR count). The highest BCUT2D eigenvalue weighted by Gasteiger charge is 2.21. The largest absolute Gasteiger partial charge is 0.493 e. The Labute approximate surface area is 128 Å². The first kappa shape index (κ1) is 15.8. The molecule has 0 spiro atoms. The summed E-state index contributed by atoms with van der Waals surface area (Å²) in [7, 11) is 3.05.